The lowest BCUT2D eigenvalue weighted by Crippen LogP contribution is -2.13. The number of primary amides is 1. The Bertz CT molecular complexity index is 477. The molecule has 1 amide bonds. The van der Waals surface area contributed by atoms with E-state index in [0.717, 1.165) is 16.8 Å². The van der Waals surface area contributed by atoms with E-state index in [-0.39, 0.29) is 12.3 Å². The summed E-state index contributed by atoms with van der Waals surface area (Å²) in [5.74, 6) is -0.314. The van der Waals surface area contributed by atoms with E-state index in [1.165, 1.54) is 0 Å². The fourth-order valence-electron chi connectivity index (χ4n) is 1.53. The quantitative estimate of drug-likeness (QED) is 0.843. The number of hydrogen-bond acceptors (Lipinski definition) is 2. The van der Waals surface area contributed by atoms with Crippen molar-refractivity contribution in [2.24, 2.45) is 5.73 Å². The number of carbonyl (C=O) groups excluding carboxylic acids is 1. The molecule has 0 saturated carbocycles. The van der Waals surface area contributed by atoms with Crippen molar-refractivity contribution in [2.75, 3.05) is 0 Å². The van der Waals surface area contributed by atoms with Crippen LogP contribution in [0.15, 0.2) is 48.7 Å². The SMILES string of the molecule is NC(=O)Cc1ccc(-c2ccccn2)cc1. The summed E-state index contributed by atoms with van der Waals surface area (Å²) in [6.45, 7) is 0. The monoisotopic (exact) mass is 212 g/mol. The second-order valence-electron chi connectivity index (χ2n) is 3.55. The molecule has 80 valence electrons. The lowest BCUT2D eigenvalue weighted by atomic mass is 10.1. The number of aromatic nitrogens is 1. The molecule has 16 heavy (non-hydrogen) atoms. The molecule has 0 bridgehead atoms. The first-order valence-electron chi connectivity index (χ1n) is 5.04. The van der Waals surface area contributed by atoms with Crippen LogP contribution in [0.3, 0.4) is 0 Å². The van der Waals surface area contributed by atoms with Crippen molar-refractivity contribution in [3.63, 3.8) is 0 Å². The summed E-state index contributed by atoms with van der Waals surface area (Å²) in [4.78, 5) is 15.0. The molecule has 3 heteroatoms. The summed E-state index contributed by atoms with van der Waals surface area (Å²) < 4.78 is 0. The van der Waals surface area contributed by atoms with E-state index in [4.69, 9.17) is 5.73 Å². The molecule has 1 heterocycles. The summed E-state index contributed by atoms with van der Waals surface area (Å²) in [6, 6.07) is 13.5. The van der Waals surface area contributed by atoms with Crippen LogP contribution in [0.2, 0.25) is 0 Å². The number of nitrogens with zero attached hydrogens (tertiary/aromatic N) is 1. The van der Waals surface area contributed by atoms with Gasteiger partial charge in [-0.25, -0.2) is 0 Å². The van der Waals surface area contributed by atoms with Crippen LogP contribution >= 0.6 is 0 Å². The van der Waals surface area contributed by atoms with E-state index in [1.54, 1.807) is 6.20 Å². The second-order valence-corrected chi connectivity index (χ2v) is 3.55. The zero-order valence-corrected chi connectivity index (χ0v) is 8.76. The highest BCUT2D eigenvalue weighted by Gasteiger charge is 2.00. The molecular weight excluding hydrogens is 200 g/mol. The first kappa shape index (κ1) is 10.4. The Morgan fingerprint density at radius 1 is 1.12 bits per heavy atom. The van der Waals surface area contributed by atoms with Crippen LogP contribution in [0.4, 0.5) is 0 Å². The third-order valence-electron chi connectivity index (χ3n) is 2.29. The maximum absolute atomic E-state index is 10.7. The molecule has 1 aromatic heterocycles. The summed E-state index contributed by atoms with van der Waals surface area (Å²) >= 11 is 0. The number of amides is 1. The molecule has 0 saturated heterocycles. The Hall–Kier alpha value is -2.16. The van der Waals surface area contributed by atoms with Gasteiger partial charge >= 0.3 is 0 Å². The standard InChI is InChI=1S/C13H12N2O/c14-13(16)9-10-4-6-11(7-5-10)12-3-1-2-8-15-12/h1-8H,9H2,(H2,14,16). The van der Waals surface area contributed by atoms with Crippen molar-refractivity contribution >= 4 is 5.91 Å². The molecule has 0 radical (unpaired) electrons. The lowest BCUT2D eigenvalue weighted by Gasteiger charge is -2.02. The van der Waals surface area contributed by atoms with Crippen LogP contribution in [0.25, 0.3) is 11.3 Å². The predicted molar refractivity (Wildman–Crippen MR) is 62.6 cm³/mol. The summed E-state index contributed by atoms with van der Waals surface area (Å²) in [5.41, 5.74) is 8.01. The largest absolute Gasteiger partial charge is 0.369 e. The van der Waals surface area contributed by atoms with Gasteiger partial charge in [0.15, 0.2) is 0 Å². The number of benzene rings is 1. The van der Waals surface area contributed by atoms with E-state index in [2.05, 4.69) is 4.98 Å². The molecule has 0 atom stereocenters. The van der Waals surface area contributed by atoms with Crippen molar-refractivity contribution in [1.82, 2.24) is 4.98 Å². The van der Waals surface area contributed by atoms with Gasteiger partial charge in [0, 0.05) is 11.8 Å². The highest BCUT2D eigenvalue weighted by atomic mass is 16.1. The number of nitrogens with two attached hydrogens (primary N) is 1. The molecule has 0 aliphatic carbocycles. The molecular formula is C13H12N2O. The Kier molecular flexibility index (Phi) is 2.96. The first-order chi connectivity index (χ1) is 7.75. The Labute approximate surface area is 93.9 Å². The van der Waals surface area contributed by atoms with Crippen LogP contribution < -0.4 is 5.73 Å². The van der Waals surface area contributed by atoms with Crippen LogP contribution in [0.5, 0.6) is 0 Å². The number of pyridine rings is 1. The van der Waals surface area contributed by atoms with Gasteiger partial charge in [0.2, 0.25) is 5.91 Å². The maximum atomic E-state index is 10.7. The van der Waals surface area contributed by atoms with E-state index in [9.17, 15) is 4.79 Å². The normalized spacial score (nSPS) is 10.0. The third-order valence-corrected chi connectivity index (χ3v) is 2.29. The number of hydrogen-bond donors (Lipinski definition) is 1. The summed E-state index contributed by atoms with van der Waals surface area (Å²) in [5, 5.41) is 0. The third kappa shape index (κ3) is 2.45. The molecule has 0 unspecified atom stereocenters. The summed E-state index contributed by atoms with van der Waals surface area (Å²) in [6.07, 6.45) is 2.04. The average molecular weight is 212 g/mol. The molecule has 0 spiro atoms. The van der Waals surface area contributed by atoms with Crippen LogP contribution in [0, 0.1) is 0 Å². The molecule has 3 nitrogen and oxygen atoms in total. The van der Waals surface area contributed by atoms with Crippen LogP contribution in [-0.2, 0) is 11.2 Å². The fraction of sp³-hybridized carbons (Fsp3) is 0.0769. The number of rotatable bonds is 3. The van der Waals surface area contributed by atoms with Crippen LogP contribution in [0.1, 0.15) is 5.56 Å². The van der Waals surface area contributed by atoms with Crippen molar-refractivity contribution in [3.8, 4) is 11.3 Å². The zero-order chi connectivity index (χ0) is 11.4. The number of carbonyl (C=O) groups is 1. The van der Waals surface area contributed by atoms with Gasteiger partial charge in [-0.15, -0.1) is 0 Å². The van der Waals surface area contributed by atoms with Crippen LogP contribution in [-0.4, -0.2) is 10.9 Å². The minimum absolute atomic E-state index is 0.280. The Morgan fingerprint density at radius 2 is 1.88 bits per heavy atom. The van der Waals surface area contributed by atoms with Gasteiger partial charge in [-0.05, 0) is 17.7 Å². The van der Waals surface area contributed by atoms with Crippen molar-refractivity contribution in [3.05, 3.63) is 54.2 Å². The zero-order valence-electron chi connectivity index (χ0n) is 8.76. The summed E-state index contributed by atoms with van der Waals surface area (Å²) in [7, 11) is 0. The lowest BCUT2D eigenvalue weighted by molar-refractivity contribution is -0.117. The Balaban J connectivity index is 2.23. The molecule has 2 N–H and O–H groups in total. The minimum atomic E-state index is -0.314. The molecule has 0 aliphatic heterocycles. The smallest absolute Gasteiger partial charge is 0.221 e. The van der Waals surface area contributed by atoms with E-state index in [1.807, 2.05) is 42.5 Å². The average Bonchev–Trinajstić information content (AvgIpc) is 2.30. The minimum Gasteiger partial charge on any atom is -0.369 e. The molecule has 2 aromatic rings. The topological polar surface area (TPSA) is 56.0 Å². The predicted octanol–water partition coefficient (Wildman–Crippen LogP) is 1.78. The highest BCUT2D eigenvalue weighted by molar-refractivity contribution is 5.76. The molecule has 0 fully saturated rings. The Morgan fingerprint density at radius 3 is 2.44 bits per heavy atom. The van der Waals surface area contributed by atoms with Gasteiger partial charge in [-0.3, -0.25) is 9.78 Å². The van der Waals surface area contributed by atoms with E-state index < -0.39 is 0 Å². The van der Waals surface area contributed by atoms with Crippen molar-refractivity contribution < 1.29 is 4.79 Å². The highest BCUT2D eigenvalue weighted by Crippen LogP contribution is 2.16. The van der Waals surface area contributed by atoms with Gasteiger partial charge in [-0.2, -0.15) is 0 Å². The molecule has 1 aromatic carbocycles. The molecule has 2 rings (SSSR count). The van der Waals surface area contributed by atoms with Gasteiger partial charge in [0.1, 0.15) is 0 Å². The van der Waals surface area contributed by atoms with E-state index in [0.29, 0.717) is 0 Å². The van der Waals surface area contributed by atoms with E-state index >= 15 is 0 Å². The van der Waals surface area contributed by atoms with Gasteiger partial charge in [0.25, 0.3) is 0 Å². The fourth-order valence-corrected chi connectivity index (χ4v) is 1.53. The maximum Gasteiger partial charge on any atom is 0.221 e. The first-order valence-corrected chi connectivity index (χ1v) is 5.04. The van der Waals surface area contributed by atoms with Gasteiger partial charge in [-0.1, -0.05) is 30.3 Å². The van der Waals surface area contributed by atoms with Crippen molar-refractivity contribution in [1.29, 1.82) is 0 Å². The van der Waals surface area contributed by atoms with Gasteiger partial charge < -0.3 is 5.73 Å². The second kappa shape index (κ2) is 4.57. The van der Waals surface area contributed by atoms with Crippen molar-refractivity contribution in [2.45, 2.75) is 6.42 Å². The van der Waals surface area contributed by atoms with Gasteiger partial charge in [0.05, 0.1) is 12.1 Å². The molecule has 0 aliphatic rings.